The van der Waals surface area contributed by atoms with Crippen molar-refractivity contribution in [2.75, 3.05) is 0 Å². The van der Waals surface area contributed by atoms with Crippen LogP contribution < -0.4 is 0 Å². The number of aryl methyl sites for hydroxylation is 2. The first-order chi connectivity index (χ1) is 8.04. The topological polar surface area (TPSA) is 88.9 Å². The van der Waals surface area contributed by atoms with Gasteiger partial charge in [-0.1, -0.05) is 11.3 Å². The van der Waals surface area contributed by atoms with Crippen LogP contribution in [0.4, 0.5) is 0 Å². The van der Waals surface area contributed by atoms with Crippen LogP contribution in [0, 0.1) is 13.8 Å². The molecule has 88 valence electrons. The van der Waals surface area contributed by atoms with Gasteiger partial charge in [0, 0.05) is 5.69 Å². The Bertz CT molecular complexity index is 570. The van der Waals surface area contributed by atoms with Gasteiger partial charge in [0.15, 0.2) is 15.2 Å². The van der Waals surface area contributed by atoms with Crippen molar-refractivity contribution in [2.45, 2.75) is 23.3 Å². The van der Waals surface area contributed by atoms with Crippen LogP contribution in [0.25, 0.3) is 0 Å². The minimum absolute atomic E-state index is 0.0127. The molecule has 2 rings (SSSR count). The summed E-state index contributed by atoms with van der Waals surface area (Å²) in [5.41, 5.74) is 0.599. The van der Waals surface area contributed by atoms with E-state index in [-0.39, 0.29) is 5.69 Å². The van der Waals surface area contributed by atoms with E-state index in [0.717, 1.165) is 5.01 Å². The molecule has 2 aromatic heterocycles. The summed E-state index contributed by atoms with van der Waals surface area (Å²) in [6.45, 7) is 3.57. The highest BCUT2D eigenvalue weighted by Gasteiger charge is 2.11. The Morgan fingerprint density at radius 3 is 2.71 bits per heavy atom. The normalized spacial score (nSPS) is 10.5. The fourth-order valence-electron chi connectivity index (χ4n) is 1.09. The van der Waals surface area contributed by atoms with Crippen LogP contribution in [0.3, 0.4) is 0 Å². The first-order valence-corrected chi connectivity index (χ1v) is 6.25. The molecule has 0 aliphatic carbocycles. The zero-order valence-electron chi connectivity index (χ0n) is 9.04. The summed E-state index contributed by atoms with van der Waals surface area (Å²) >= 11 is 2.63. The van der Waals surface area contributed by atoms with Gasteiger partial charge in [-0.2, -0.15) is 0 Å². The van der Waals surface area contributed by atoms with Crippen LogP contribution in [0.1, 0.15) is 21.2 Å². The number of carboxylic acids is 1. The molecule has 8 heteroatoms. The number of nitrogens with zero attached hydrogens (tertiary/aromatic N) is 4. The summed E-state index contributed by atoms with van der Waals surface area (Å²) in [5, 5.41) is 17.9. The standard InChI is InChI=1S/C9H8N4O2S2/c1-4-3-6(7(14)15)11-8(10-4)17-9-13-12-5(2)16-9/h3H,1-2H3,(H,14,15). The van der Waals surface area contributed by atoms with Crippen molar-refractivity contribution in [1.29, 1.82) is 0 Å². The molecule has 2 heterocycles. The van der Waals surface area contributed by atoms with Crippen LogP contribution in [-0.2, 0) is 0 Å². The van der Waals surface area contributed by atoms with Crippen molar-refractivity contribution >= 4 is 29.1 Å². The predicted octanol–water partition coefficient (Wildman–Crippen LogP) is 1.79. The lowest BCUT2D eigenvalue weighted by atomic mass is 10.3. The van der Waals surface area contributed by atoms with Crippen LogP contribution in [-0.4, -0.2) is 31.2 Å². The van der Waals surface area contributed by atoms with E-state index in [4.69, 9.17) is 5.11 Å². The Morgan fingerprint density at radius 2 is 2.12 bits per heavy atom. The van der Waals surface area contributed by atoms with E-state index in [1.165, 1.54) is 29.2 Å². The maximum absolute atomic E-state index is 10.8. The molecule has 0 bridgehead atoms. The Morgan fingerprint density at radius 1 is 1.35 bits per heavy atom. The van der Waals surface area contributed by atoms with Crippen molar-refractivity contribution in [3.8, 4) is 0 Å². The van der Waals surface area contributed by atoms with Crippen molar-refractivity contribution in [3.63, 3.8) is 0 Å². The molecule has 0 unspecified atom stereocenters. The van der Waals surface area contributed by atoms with Gasteiger partial charge < -0.3 is 5.11 Å². The summed E-state index contributed by atoms with van der Waals surface area (Å²) in [6, 6.07) is 1.43. The molecule has 0 amide bonds. The molecule has 0 fully saturated rings. The number of carbonyl (C=O) groups is 1. The van der Waals surface area contributed by atoms with E-state index in [1.54, 1.807) is 6.92 Å². The minimum Gasteiger partial charge on any atom is -0.477 e. The molecular weight excluding hydrogens is 260 g/mol. The van der Waals surface area contributed by atoms with Gasteiger partial charge >= 0.3 is 5.97 Å². The van der Waals surface area contributed by atoms with Crippen molar-refractivity contribution in [1.82, 2.24) is 20.2 Å². The van der Waals surface area contributed by atoms with Crippen LogP contribution >= 0.6 is 23.1 Å². The third-order valence-electron chi connectivity index (χ3n) is 1.74. The van der Waals surface area contributed by atoms with E-state index in [9.17, 15) is 4.79 Å². The molecule has 0 radical (unpaired) electrons. The molecule has 0 aliphatic heterocycles. The SMILES string of the molecule is Cc1cc(C(=O)O)nc(Sc2nnc(C)s2)n1. The monoisotopic (exact) mass is 268 g/mol. The molecular formula is C9H8N4O2S2. The molecule has 2 aromatic rings. The first kappa shape index (κ1) is 11.9. The highest BCUT2D eigenvalue weighted by molar-refractivity contribution is 8.00. The summed E-state index contributed by atoms with van der Waals surface area (Å²) in [6.07, 6.45) is 0. The third kappa shape index (κ3) is 2.98. The van der Waals surface area contributed by atoms with Gasteiger partial charge in [-0.15, -0.1) is 10.2 Å². The Kier molecular flexibility index (Phi) is 3.34. The molecule has 0 atom stereocenters. The second kappa shape index (κ2) is 4.76. The Hall–Kier alpha value is -1.54. The van der Waals surface area contributed by atoms with Crippen molar-refractivity contribution in [3.05, 3.63) is 22.5 Å². The number of aromatic nitrogens is 4. The second-order valence-electron chi connectivity index (χ2n) is 3.17. The molecule has 0 aliphatic rings. The summed E-state index contributed by atoms with van der Waals surface area (Å²) < 4.78 is 0.699. The molecule has 0 aromatic carbocycles. The number of aromatic carboxylic acids is 1. The van der Waals surface area contributed by atoms with Crippen molar-refractivity contribution < 1.29 is 9.90 Å². The second-order valence-corrected chi connectivity index (χ2v) is 5.57. The molecule has 6 nitrogen and oxygen atoms in total. The average Bonchev–Trinajstić information content (AvgIpc) is 2.63. The molecule has 0 spiro atoms. The highest BCUT2D eigenvalue weighted by atomic mass is 32.2. The lowest BCUT2D eigenvalue weighted by Gasteiger charge is -2.00. The zero-order chi connectivity index (χ0) is 12.4. The fourth-order valence-corrected chi connectivity index (χ4v) is 2.83. The van der Waals surface area contributed by atoms with E-state index < -0.39 is 5.97 Å². The largest absolute Gasteiger partial charge is 0.477 e. The quantitative estimate of drug-likeness (QED) is 0.849. The molecule has 1 N–H and O–H groups in total. The maximum atomic E-state index is 10.8. The van der Waals surface area contributed by atoms with Gasteiger partial charge in [0.05, 0.1) is 0 Å². The summed E-state index contributed by atoms with van der Waals surface area (Å²) in [4.78, 5) is 18.9. The molecule has 17 heavy (non-hydrogen) atoms. The zero-order valence-corrected chi connectivity index (χ0v) is 10.7. The lowest BCUT2D eigenvalue weighted by Crippen LogP contribution is -2.03. The van der Waals surface area contributed by atoms with Gasteiger partial charge in [-0.3, -0.25) is 0 Å². The minimum atomic E-state index is -1.06. The van der Waals surface area contributed by atoms with Gasteiger partial charge in [0.2, 0.25) is 0 Å². The molecule has 0 saturated carbocycles. The lowest BCUT2D eigenvalue weighted by molar-refractivity contribution is 0.0689. The Balaban J connectivity index is 2.29. The third-order valence-corrected chi connectivity index (χ3v) is 3.49. The average molecular weight is 268 g/mol. The summed E-state index contributed by atoms with van der Waals surface area (Å²) in [7, 11) is 0. The van der Waals surface area contributed by atoms with Crippen LogP contribution in [0.5, 0.6) is 0 Å². The highest BCUT2D eigenvalue weighted by Crippen LogP contribution is 2.27. The van der Waals surface area contributed by atoms with E-state index in [2.05, 4.69) is 20.2 Å². The number of carboxylic acid groups (broad SMARTS) is 1. The predicted molar refractivity (Wildman–Crippen MR) is 62.5 cm³/mol. The van der Waals surface area contributed by atoms with Crippen molar-refractivity contribution in [2.24, 2.45) is 0 Å². The summed E-state index contributed by atoms with van der Waals surface area (Å²) in [5.74, 6) is -1.06. The van der Waals surface area contributed by atoms with Gasteiger partial charge in [0.1, 0.15) is 5.01 Å². The number of hydrogen-bond donors (Lipinski definition) is 1. The van der Waals surface area contributed by atoms with Gasteiger partial charge in [-0.05, 0) is 31.7 Å². The molecule has 0 saturated heterocycles. The smallest absolute Gasteiger partial charge is 0.354 e. The van der Waals surface area contributed by atoms with Crippen LogP contribution in [0.2, 0.25) is 0 Å². The first-order valence-electron chi connectivity index (χ1n) is 4.61. The van der Waals surface area contributed by atoms with E-state index in [0.29, 0.717) is 15.2 Å². The Labute approximate surface area is 105 Å². The fraction of sp³-hybridized carbons (Fsp3) is 0.222. The number of hydrogen-bond acceptors (Lipinski definition) is 7. The van der Waals surface area contributed by atoms with Gasteiger partial charge in [0.25, 0.3) is 0 Å². The maximum Gasteiger partial charge on any atom is 0.354 e. The van der Waals surface area contributed by atoms with E-state index in [1.807, 2.05) is 6.92 Å². The van der Waals surface area contributed by atoms with Gasteiger partial charge in [-0.25, -0.2) is 14.8 Å². The van der Waals surface area contributed by atoms with E-state index >= 15 is 0 Å². The van der Waals surface area contributed by atoms with Crippen LogP contribution in [0.15, 0.2) is 15.6 Å². The number of rotatable bonds is 3.